The first-order chi connectivity index (χ1) is 10.1. The van der Waals surface area contributed by atoms with Crippen molar-refractivity contribution in [3.8, 4) is 5.75 Å². The van der Waals surface area contributed by atoms with Crippen LogP contribution in [0.1, 0.15) is 38.2 Å². The maximum Gasteiger partial charge on any atom is 0.119 e. The van der Waals surface area contributed by atoms with Gasteiger partial charge in [0.15, 0.2) is 0 Å². The second-order valence-electron chi connectivity index (χ2n) is 5.47. The lowest BCUT2D eigenvalue weighted by molar-refractivity contribution is 0.242. The Kier molecular flexibility index (Phi) is 5.39. The summed E-state index contributed by atoms with van der Waals surface area (Å²) in [6.45, 7) is 10.0. The maximum atomic E-state index is 5.70. The number of imidazole rings is 1. The van der Waals surface area contributed by atoms with Gasteiger partial charge in [-0.15, -0.1) is 0 Å². The average Bonchev–Trinajstić information content (AvgIpc) is 2.84. The third-order valence-corrected chi connectivity index (χ3v) is 3.41. The first-order valence-corrected chi connectivity index (χ1v) is 7.58. The highest BCUT2D eigenvalue weighted by Gasteiger charge is 2.12. The third kappa shape index (κ3) is 4.33. The zero-order valence-corrected chi connectivity index (χ0v) is 13.3. The third-order valence-electron chi connectivity index (χ3n) is 3.41. The lowest BCUT2D eigenvalue weighted by atomic mass is 10.1. The Morgan fingerprint density at radius 1 is 1.24 bits per heavy atom. The Balaban J connectivity index is 2.12. The predicted molar refractivity (Wildman–Crippen MR) is 85.6 cm³/mol. The van der Waals surface area contributed by atoms with Crippen LogP contribution in [0.25, 0.3) is 0 Å². The molecule has 1 heterocycles. The Hall–Kier alpha value is -1.81. The summed E-state index contributed by atoms with van der Waals surface area (Å²) in [6, 6.07) is 8.63. The molecule has 1 N–H and O–H groups in total. The van der Waals surface area contributed by atoms with Crippen LogP contribution < -0.4 is 10.1 Å². The number of hydrogen-bond donors (Lipinski definition) is 1. The molecule has 114 valence electrons. The Morgan fingerprint density at radius 3 is 2.48 bits per heavy atom. The minimum atomic E-state index is 0.203. The van der Waals surface area contributed by atoms with Gasteiger partial charge in [-0.2, -0.15) is 0 Å². The molecule has 0 radical (unpaired) electrons. The highest BCUT2D eigenvalue weighted by molar-refractivity contribution is 5.29. The molecule has 0 amide bonds. The van der Waals surface area contributed by atoms with Crippen LogP contribution in [0.2, 0.25) is 0 Å². The van der Waals surface area contributed by atoms with Crippen LogP contribution in [-0.2, 0) is 6.54 Å². The highest BCUT2D eigenvalue weighted by atomic mass is 16.5. The summed E-state index contributed by atoms with van der Waals surface area (Å²) < 4.78 is 7.87. The number of hydrogen-bond acceptors (Lipinski definition) is 3. The van der Waals surface area contributed by atoms with Gasteiger partial charge in [-0.05, 0) is 45.0 Å². The number of ether oxygens (including phenoxy) is 1. The summed E-state index contributed by atoms with van der Waals surface area (Å²) in [5.74, 6) is 1.96. The van der Waals surface area contributed by atoms with E-state index in [0.717, 1.165) is 24.7 Å². The van der Waals surface area contributed by atoms with Gasteiger partial charge in [-0.25, -0.2) is 4.98 Å². The average molecular weight is 287 g/mol. The molecule has 0 saturated carbocycles. The monoisotopic (exact) mass is 287 g/mol. The number of benzene rings is 1. The second kappa shape index (κ2) is 7.27. The molecule has 4 nitrogen and oxygen atoms in total. The molecule has 0 aliphatic rings. The fourth-order valence-corrected chi connectivity index (χ4v) is 2.38. The topological polar surface area (TPSA) is 39.1 Å². The SMILES string of the molecule is CCNC(Cn1ccnc1C)c1ccc(OC(C)C)cc1. The van der Waals surface area contributed by atoms with E-state index in [0.29, 0.717) is 0 Å². The molecule has 1 aromatic carbocycles. The van der Waals surface area contributed by atoms with Gasteiger partial charge < -0.3 is 14.6 Å². The molecule has 2 aromatic rings. The van der Waals surface area contributed by atoms with Crippen LogP contribution in [0, 0.1) is 6.92 Å². The van der Waals surface area contributed by atoms with Crippen molar-refractivity contribution < 1.29 is 4.74 Å². The van der Waals surface area contributed by atoms with E-state index in [1.165, 1.54) is 5.56 Å². The van der Waals surface area contributed by atoms with E-state index in [-0.39, 0.29) is 12.1 Å². The zero-order chi connectivity index (χ0) is 15.2. The van der Waals surface area contributed by atoms with E-state index >= 15 is 0 Å². The zero-order valence-electron chi connectivity index (χ0n) is 13.3. The summed E-state index contributed by atoms with van der Waals surface area (Å²) in [5, 5.41) is 3.54. The lowest BCUT2D eigenvalue weighted by Crippen LogP contribution is -2.25. The number of nitrogens with zero attached hydrogens (tertiary/aromatic N) is 2. The fraction of sp³-hybridized carbons (Fsp3) is 0.471. The Morgan fingerprint density at radius 2 is 1.95 bits per heavy atom. The molecular weight excluding hydrogens is 262 g/mol. The molecule has 1 atom stereocenters. The van der Waals surface area contributed by atoms with Crippen LogP contribution in [0.15, 0.2) is 36.7 Å². The van der Waals surface area contributed by atoms with Crippen LogP contribution in [0.4, 0.5) is 0 Å². The van der Waals surface area contributed by atoms with E-state index in [1.807, 2.05) is 45.3 Å². The van der Waals surface area contributed by atoms with Crippen LogP contribution in [-0.4, -0.2) is 22.2 Å². The minimum Gasteiger partial charge on any atom is -0.491 e. The number of nitrogens with one attached hydrogen (secondary N) is 1. The van der Waals surface area contributed by atoms with E-state index in [4.69, 9.17) is 4.74 Å². The van der Waals surface area contributed by atoms with Crippen molar-refractivity contribution in [2.75, 3.05) is 6.54 Å². The van der Waals surface area contributed by atoms with Crippen molar-refractivity contribution >= 4 is 0 Å². The maximum absolute atomic E-state index is 5.70. The first-order valence-electron chi connectivity index (χ1n) is 7.58. The summed E-state index contributed by atoms with van der Waals surface area (Å²) in [4.78, 5) is 4.29. The summed E-state index contributed by atoms with van der Waals surface area (Å²) in [5.41, 5.74) is 1.26. The Bertz CT molecular complexity index is 545. The molecule has 1 aromatic heterocycles. The Labute approximate surface area is 127 Å². The molecule has 0 fully saturated rings. The van der Waals surface area contributed by atoms with Crippen molar-refractivity contribution in [3.63, 3.8) is 0 Å². The summed E-state index contributed by atoms with van der Waals surface area (Å²) >= 11 is 0. The first kappa shape index (κ1) is 15.6. The molecule has 1 unspecified atom stereocenters. The van der Waals surface area contributed by atoms with Crippen molar-refractivity contribution in [2.24, 2.45) is 0 Å². The van der Waals surface area contributed by atoms with Gasteiger partial charge in [0.05, 0.1) is 12.1 Å². The molecule has 0 saturated heterocycles. The highest BCUT2D eigenvalue weighted by Crippen LogP contribution is 2.20. The van der Waals surface area contributed by atoms with Crippen LogP contribution in [0.3, 0.4) is 0 Å². The van der Waals surface area contributed by atoms with Gasteiger partial charge in [0, 0.05) is 18.9 Å². The van der Waals surface area contributed by atoms with Crippen LogP contribution in [0.5, 0.6) is 5.75 Å². The van der Waals surface area contributed by atoms with Gasteiger partial charge in [0.1, 0.15) is 11.6 Å². The van der Waals surface area contributed by atoms with Gasteiger partial charge in [0.25, 0.3) is 0 Å². The van der Waals surface area contributed by atoms with Crippen molar-refractivity contribution in [3.05, 3.63) is 48.0 Å². The summed E-state index contributed by atoms with van der Waals surface area (Å²) in [7, 11) is 0. The molecule has 0 bridgehead atoms. The van der Waals surface area contributed by atoms with E-state index < -0.39 is 0 Å². The largest absolute Gasteiger partial charge is 0.491 e. The van der Waals surface area contributed by atoms with Crippen molar-refractivity contribution in [1.29, 1.82) is 0 Å². The number of aryl methyl sites for hydroxylation is 1. The number of aromatic nitrogens is 2. The molecule has 21 heavy (non-hydrogen) atoms. The quantitative estimate of drug-likeness (QED) is 0.849. The summed E-state index contributed by atoms with van der Waals surface area (Å²) in [6.07, 6.45) is 4.07. The molecular formula is C17H25N3O. The van der Waals surface area contributed by atoms with Gasteiger partial charge >= 0.3 is 0 Å². The molecule has 2 rings (SSSR count). The minimum absolute atomic E-state index is 0.203. The number of likely N-dealkylation sites (N-methyl/N-ethyl adjacent to an activating group) is 1. The van der Waals surface area contributed by atoms with E-state index in [2.05, 4.69) is 33.9 Å². The van der Waals surface area contributed by atoms with E-state index in [1.54, 1.807) is 0 Å². The fourth-order valence-electron chi connectivity index (χ4n) is 2.38. The second-order valence-corrected chi connectivity index (χ2v) is 5.47. The lowest BCUT2D eigenvalue weighted by Gasteiger charge is -2.20. The normalized spacial score (nSPS) is 12.6. The number of rotatable bonds is 7. The van der Waals surface area contributed by atoms with Crippen molar-refractivity contribution in [2.45, 2.75) is 46.4 Å². The smallest absolute Gasteiger partial charge is 0.119 e. The van der Waals surface area contributed by atoms with Crippen molar-refractivity contribution in [1.82, 2.24) is 14.9 Å². The molecule has 0 spiro atoms. The standard InChI is InChI=1S/C17H25N3O/c1-5-18-17(12-20-11-10-19-14(20)4)15-6-8-16(9-7-15)21-13(2)3/h6-11,13,17-18H,5,12H2,1-4H3. The van der Waals surface area contributed by atoms with Gasteiger partial charge in [-0.3, -0.25) is 0 Å². The van der Waals surface area contributed by atoms with Gasteiger partial charge in [0.2, 0.25) is 0 Å². The molecule has 4 heteroatoms. The predicted octanol–water partition coefficient (Wildman–Crippen LogP) is 3.33. The van der Waals surface area contributed by atoms with E-state index in [9.17, 15) is 0 Å². The molecule has 0 aliphatic carbocycles. The van der Waals surface area contributed by atoms with Gasteiger partial charge in [-0.1, -0.05) is 19.1 Å². The molecule has 0 aliphatic heterocycles. The van der Waals surface area contributed by atoms with Crippen LogP contribution >= 0.6 is 0 Å².